The topological polar surface area (TPSA) is 151 Å². The summed E-state index contributed by atoms with van der Waals surface area (Å²) < 4.78 is 0. The van der Waals surface area contributed by atoms with Crippen molar-refractivity contribution in [3.8, 4) is 0 Å². The minimum absolute atomic E-state index is 0.144. The Hall–Kier alpha value is -1.81. The van der Waals surface area contributed by atoms with Crippen LogP contribution in [0, 0.1) is 5.92 Å². The molecule has 0 saturated carbocycles. The van der Waals surface area contributed by atoms with Crippen molar-refractivity contribution in [3.05, 3.63) is 0 Å². The highest BCUT2D eigenvalue weighted by atomic mass is 32.2. The number of thioether (sulfide) groups is 1. The van der Waals surface area contributed by atoms with Crippen molar-refractivity contribution >= 4 is 35.5 Å². The second-order valence-corrected chi connectivity index (χ2v) is 6.90. The van der Waals surface area contributed by atoms with E-state index in [0.717, 1.165) is 0 Å². The maximum absolute atomic E-state index is 12.2. The van der Waals surface area contributed by atoms with Crippen molar-refractivity contribution in [2.24, 2.45) is 11.7 Å². The summed E-state index contributed by atoms with van der Waals surface area (Å²) in [6, 6.07) is -1.80. The SMILES string of the molecule is CSCCC(NC(=O)CNC(=O)C(CC(C)C)NC(=O)CN)C(=O)O. The second kappa shape index (κ2) is 12.5. The Bertz CT molecular complexity index is 473. The van der Waals surface area contributed by atoms with Crippen LogP contribution >= 0.6 is 11.8 Å². The second-order valence-electron chi connectivity index (χ2n) is 5.91. The van der Waals surface area contributed by atoms with Gasteiger partial charge in [0.2, 0.25) is 17.7 Å². The highest BCUT2D eigenvalue weighted by Crippen LogP contribution is 2.05. The fourth-order valence-corrected chi connectivity index (χ4v) is 2.46. The highest BCUT2D eigenvalue weighted by molar-refractivity contribution is 7.98. The Kier molecular flexibility index (Phi) is 11.6. The average molecular weight is 376 g/mol. The minimum Gasteiger partial charge on any atom is -0.480 e. The first-order valence-corrected chi connectivity index (χ1v) is 9.38. The van der Waals surface area contributed by atoms with Crippen molar-refractivity contribution in [1.29, 1.82) is 0 Å². The molecule has 9 nitrogen and oxygen atoms in total. The van der Waals surface area contributed by atoms with Gasteiger partial charge in [-0.15, -0.1) is 0 Å². The molecule has 0 aliphatic heterocycles. The molecular formula is C15H28N4O5S. The zero-order chi connectivity index (χ0) is 19.4. The number of hydrogen-bond acceptors (Lipinski definition) is 6. The van der Waals surface area contributed by atoms with E-state index in [-0.39, 0.29) is 19.0 Å². The molecule has 0 rings (SSSR count). The summed E-state index contributed by atoms with van der Waals surface area (Å²) in [6.07, 6.45) is 2.52. The Morgan fingerprint density at radius 2 is 1.68 bits per heavy atom. The van der Waals surface area contributed by atoms with Gasteiger partial charge in [0, 0.05) is 0 Å². The molecule has 3 amide bonds. The first kappa shape index (κ1) is 23.2. The maximum Gasteiger partial charge on any atom is 0.326 e. The van der Waals surface area contributed by atoms with Gasteiger partial charge in [0.1, 0.15) is 12.1 Å². The molecule has 0 fully saturated rings. The zero-order valence-electron chi connectivity index (χ0n) is 14.8. The van der Waals surface area contributed by atoms with Crippen LogP contribution in [0.5, 0.6) is 0 Å². The Balaban J connectivity index is 4.56. The van der Waals surface area contributed by atoms with E-state index >= 15 is 0 Å². The lowest BCUT2D eigenvalue weighted by Crippen LogP contribution is -2.52. The van der Waals surface area contributed by atoms with E-state index in [1.807, 2.05) is 20.1 Å². The third kappa shape index (κ3) is 10.6. The van der Waals surface area contributed by atoms with Gasteiger partial charge in [-0.1, -0.05) is 13.8 Å². The van der Waals surface area contributed by atoms with Crippen molar-refractivity contribution in [1.82, 2.24) is 16.0 Å². The largest absolute Gasteiger partial charge is 0.480 e. The summed E-state index contributed by atoms with van der Waals surface area (Å²) >= 11 is 1.48. The highest BCUT2D eigenvalue weighted by Gasteiger charge is 2.23. The van der Waals surface area contributed by atoms with E-state index in [1.54, 1.807) is 0 Å². The van der Waals surface area contributed by atoms with Gasteiger partial charge in [0.25, 0.3) is 0 Å². The van der Waals surface area contributed by atoms with E-state index < -0.39 is 35.8 Å². The van der Waals surface area contributed by atoms with Crippen molar-refractivity contribution in [2.75, 3.05) is 25.1 Å². The molecular weight excluding hydrogens is 348 g/mol. The number of rotatable bonds is 12. The first-order chi connectivity index (χ1) is 11.7. The quantitative estimate of drug-likeness (QED) is 0.290. The van der Waals surface area contributed by atoms with Crippen molar-refractivity contribution in [3.63, 3.8) is 0 Å². The molecule has 2 atom stereocenters. The van der Waals surface area contributed by atoms with Crippen LogP contribution in [0.4, 0.5) is 0 Å². The molecule has 2 unspecified atom stereocenters. The third-order valence-electron chi connectivity index (χ3n) is 3.21. The fraction of sp³-hybridized carbons (Fsp3) is 0.733. The summed E-state index contributed by atoms with van der Waals surface area (Å²) in [5.41, 5.74) is 5.23. The molecule has 10 heteroatoms. The molecule has 0 aromatic carbocycles. The Morgan fingerprint density at radius 1 is 1.08 bits per heavy atom. The van der Waals surface area contributed by atoms with Gasteiger partial charge < -0.3 is 26.8 Å². The lowest BCUT2D eigenvalue weighted by Gasteiger charge is -2.20. The van der Waals surface area contributed by atoms with E-state index in [1.165, 1.54) is 11.8 Å². The van der Waals surface area contributed by atoms with Crippen molar-refractivity contribution < 1.29 is 24.3 Å². The summed E-state index contributed by atoms with van der Waals surface area (Å²) in [7, 11) is 0. The maximum atomic E-state index is 12.2. The molecule has 25 heavy (non-hydrogen) atoms. The monoisotopic (exact) mass is 376 g/mol. The summed E-state index contributed by atoms with van der Waals surface area (Å²) in [4.78, 5) is 46.5. The van der Waals surface area contributed by atoms with Crippen LogP contribution in [0.2, 0.25) is 0 Å². The third-order valence-corrected chi connectivity index (χ3v) is 3.86. The van der Waals surface area contributed by atoms with Gasteiger partial charge in [-0.2, -0.15) is 11.8 Å². The number of carbonyl (C=O) groups excluding carboxylic acids is 3. The van der Waals surface area contributed by atoms with Crippen molar-refractivity contribution in [2.45, 2.75) is 38.8 Å². The smallest absolute Gasteiger partial charge is 0.326 e. The molecule has 6 N–H and O–H groups in total. The Morgan fingerprint density at radius 3 is 2.16 bits per heavy atom. The number of aliphatic carboxylic acids is 1. The predicted octanol–water partition coefficient (Wildman–Crippen LogP) is -1.09. The molecule has 144 valence electrons. The minimum atomic E-state index is -1.12. The van der Waals surface area contributed by atoms with Crippen LogP contribution in [0.15, 0.2) is 0 Å². The van der Waals surface area contributed by atoms with E-state index in [2.05, 4.69) is 16.0 Å². The van der Waals surface area contributed by atoms with Crippen LogP contribution in [-0.2, 0) is 19.2 Å². The van der Waals surface area contributed by atoms with Crippen LogP contribution in [-0.4, -0.2) is 66.0 Å². The fourth-order valence-electron chi connectivity index (χ4n) is 1.99. The molecule has 0 bridgehead atoms. The number of nitrogens with two attached hydrogens (primary N) is 1. The van der Waals surface area contributed by atoms with Crippen LogP contribution in [0.1, 0.15) is 26.7 Å². The summed E-state index contributed by atoms with van der Waals surface area (Å²) in [5.74, 6) is -1.97. The number of carbonyl (C=O) groups is 4. The average Bonchev–Trinajstić information content (AvgIpc) is 2.54. The van der Waals surface area contributed by atoms with Crippen LogP contribution in [0.25, 0.3) is 0 Å². The standard InChI is InChI=1S/C15H28N4O5S/c1-9(2)6-11(19-12(20)7-16)14(22)17-8-13(21)18-10(15(23)24)4-5-25-3/h9-11H,4-8,16H2,1-3H3,(H,17,22)(H,18,21)(H,19,20)(H,23,24). The summed E-state index contributed by atoms with van der Waals surface area (Å²) in [6.45, 7) is 3.18. The molecule has 0 radical (unpaired) electrons. The number of nitrogens with one attached hydrogen (secondary N) is 3. The predicted molar refractivity (Wildman–Crippen MR) is 96.0 cm³/mol. The number of carboxylic acids is 1. The van der Waals surface area contributed by atoms with Gasteiger partial charge in [0.05, 0.1) is 13.1 Å². The summed E-state index contributed by atoms with van der Waals surface area (Å²) in [5, 5.41) is 16.4. The van der Waals surface area contributed by atoms with Crippen LogP contribution in [0.3, 0.4) is 0 Å². The van der Waals surface area contributed by atoms with Gasteiger partial charge >= 0.3 is 5.97 Å². The molecule has 0 aromatic heterocycles. The molecule has 0 aromatic rings. The normalized spacial score (nSPS) is 13.0. The molecule has 0 aliphatic rings. The van der Waals surface area contributed by atoms with Gasteiger partial charge in [-0.25, -0.2) is 4.79 Å². The molecule has 0 heterocycles. The van der Waals surface area contributed by atoms with E-state index in [0.29, 0.717) is 18.6 Å². The van der Waals surface area contributed by atoms with E-state index in [9.17, 15) is 19.2 Å². The lowest BCUT2D eigenvalue weighted by molar-refractivity contribution is -0.141. The van der Waals surface area contributed by atoms with E-state index in [4.69, 9.17) is 10.8 Å². The first-order valence-electron chi connectivity index (χ1n) is 7.99. The number of amides is 3. The Labute approximate surface area is 151 Å². The molecule has 0 aliphatic carbocycles. The molecule has 0 saturated heterocycles. The molecule has 0 spiro atoms. The zero-order valence-corrected chi connectivity index (χ0v) is 15.6. The van der Waals surface area contributed by atoms with Gasteiger partial charge in [-0.3, -0.25) is 14.4 Å². The van der Waals surface area contributed by atoms with Gasteiger partial charge in [-0.05, 0) is 30.8 Å². The number of hydrogen-bond donors (Lipinski definition) is 5. The van der Waals surface area contributed by atoms with Gasteiger partial charge in [0.15, 0.2) is 0 Å². The number of carboxylic acid groups (broad SMARTS) is 1. The van der Waals surface area contributed by atoms with Crippen LogP contribution < -0.4 is 21.7 Å². The lowest BCUT2D eigenvalue weighted by atomic mass is 10.0.